The van der Waals surface area contributed by atoms with Crippen LogP contribution in [0.15, 0.2) is 73.2 Å². The van der Waals surface area contributed by atoms with Gasteiger partial charge in [-0.25, -0.2) is 4.79 Å². The summed E-state index contributed by atoms with van der Waals surface area (Å²) in [7, 11) is 0. The Bertz CT molecular complexity index is 1240. The van der Waals surface area contributed by atoms with E-state index in [9.17, 15) is 9.90 Å². The maximum atomic E-state index is 12.1. The molecule has 0 amide bonds. The second-order valence-electron chi connectivity index (χ2n) is 8.47. The molecule has 2 aromatic heterocycles. The number of benzene rings is 2. The van der Waals surface area contributed by atoms with E-state index in [4.69, 9.17) is 0 Å². The van der Waals surface area contributed by atoms with Crippen molar-refractivity contribution in [1.82, 2.24) is 14.5 Å². The number of fused-ring (bicyclic) bond motifs is 1. The number of nitrogens with zero attached hydrogens (tertiary/aromatic N) is 3. The van der Waals surface area contributed by atoms with Crippen LogP contribution >= 0.6 is 0 Å². The Kier molecular flexibility index (Phi) is 5.73. The molecule has 0 bridgehead atoms. The number of pyridine rings is 1. The van der Waals surface area contributed by atoms with Crippen LogP contribution in [0.2, 0.25) is 0 Å². The Balaban J connectivity index is 1.58. The quantitative estimate of drug-likeness (QED) is 0.440. The molecule has 5 rings (SSSR count). The third-order valence-electron chi connectivity index (χ3n) is 6.40. The van der Waals surface area contributed by atoms with Crippen molar-refractivity contribution in [3.05, 3.63) is 78.8 Å². The smallest absolute Gasteiger partial charge is 0.336 e. The van der Waals surface area contributed by atoms with Crippen molar-refractivity contribution in [3.63, 3.8) is 0 Å². The van der Waals surface area contributed by atoms with E-state index in [0.29, 0.717) is 5.56 Å². The first kappa shape index (κ1) is 20.5. The summed E-state index contributed by atoms with van der Waals surface area (Å²) in [6.07, 6.45) is 9.63. The number of aromatic nitrogens is 2. The highest BCUT2D eigenvalue weighted by molar-refractivity contribution is 6.09. The summed E-state index contributed by atoms with van der Waals surface area (Å²) in [5.74, 6) is -0.905. The molecule has 0 radical (unpaired) electrons. The second-order valence-corrected chi connectivity index (χ2v) is 8.47. The van der Waals surface area contributed by atoms with Crippen LogP contribution in [0.5, 0.6) is 0 Å². The summed E-state index contributed by atoms with van der Waals surface area (Å²) in [5, 5.41) is 10.7. The maximum Gasteiger partial charge on any atom is 0.336 e. The number of hydrogen-bond donors (Lipinski definition) is 1. The summed E-state index contributed by atoms with van der Waals surface area (Å²) in [6.45, 7) is 4.11. The monoisotopic (exact) mass is 425 g/mol. The standard InChI is InChI=1S/C27H27N3O2/c31-27(32)23-10-7-11-25-26(23)24(19-30(25)15-14-29-12-5-2-6-13-29)22-16-21(17-28-18-22)20-8-3-1-4-9-20/h1,3-4,7-11,16-19H,2,5-6,12-15H2,(H,31,32). The van der Waals surface area contributed by atoms with E-state index in [1.165, 1.54) is 19.3 Å². The Morgan fingerprint density at radius 2 is 1.66 bits per heavy atom. The van der Waals surface area contributed by atoms with Gasteiger partial charge in [-0.15, -0.1) is 0 Å². The summed E-state index contributed by atoms with van der Waals surface area (Å²) in [6, 6.07) is 17.8. The van der Waals surface area contributed by atoms with Crippen molar-refractivity contribution in [3.8, 4) is 22.3 Å². The minimum Gasteiger partial charge on any atom is -0.478 e. The summed E-state index contributed by atoms with van der Waals surface area (Å²) in [4.78, 5) is 19.1. The number of piperidine rings is 1. The maximum absolute atomic E-state index is 12.1. The van der Waals surface area contributed by atoms with Crippen molar-refractivity contribution < 1.29 is 9.90 Å². The summed E-state index contributed by atoms with van der Waals surface area (Å²) >= 11 is 0. The molecule has 0 aliphatic carbocycles. The Morgan fingerprint density at radius 1 is 0.875 bits per heavy atom. The molecule has 0 saturated carbocycles. The molecule has 0 unspecified atom stereocenters. The van der Waals surface area contributed by atoms with Crippen LogP contribution in [-0.4, -0.2) is 45.2 Å². The van der Waals surface area contributed by atoms with Crippen LogP contribution in [0.3, 0.4) is 0 Å². The van der Waals surface area contributed by atoms with E-state index < -0.39 is 5.97 Å². The van der Waals surface area contributed by atoms with Crippen LogP contribution < -0.4 is 0 Å². The molecule has 0 spiro atoms. The van der Waals surface area contributed by atoms with Gasteiger partial charge in [-0.3, -0.25) is 4.98 Å². The number of rotatable bonds is 6. The van der Waals surface area contributed by atoms with Crippen LogP contribution in [0.25, 0.3) is 33.2 Å². The molecular formula is C27H27N3O2. The summed E-state index contributed by atoms with van der Waals surface area (Å²) < 4.78 is 2.21. The van der Waals surface area contributed by atoms with Gasteiger partial charge >= 0.3 is 5.97 Å². The minimum absolute atomic E-state index is 0.333. The molecule has 0 atom stereocenters. The topological polar surface area (TPSA) is 58.4 Å². The van der Waals surface area contributed by atoms with Gasteiger partial charge in [0.15, 0.2) is 0 Å². The number of aromatic carboxylic acids is 1. The number of carboxylic acids is 1. The highest BCUT2D eigenvalue weighted by Crippen LogP contribution is 2.35. The predicted molar refractivity (Wildman–Crippen MR) is 128 cm³/mol. The number of hydrogen-bond acceptors (Lipinski definition) is 3. The average Bonchev–Trinajstić information content (AvgIpc) is 3.23. The van der Waals surface area contributed by atoms with Gasteiger partial charge in [0, 0.05) is 59.3 Å². The van der Waals surface area contributed by atoms with Crippen LogP contribution in [-0.2, 0) is 6.54 Å². The van der Waals surface area contributed by atoms with E-state index in [2.05, 4.69) is 38.8 Å². The zero-order valence-corrected chi connectivity index (χ0v) is 18.1. The molecule has 1 N–H and O–H groups in total. The lowest BCUT2D eigenvalue weighted by molar-refractivity contribution is 0.0699. The lowest BCUT2D eigenvalue weighted by atomic mass is 9.99. The Morgan fingerprint density at radius 3 is 2.44 bits per heavy atom. The van der Waals surface area contributed by atoms with Gasteiger partial charge in [-0.1, -0.05) is 42.8 Å². The largest absolute Gasteiger partial charge is 0.478 e. The van der Waals surface area contributed by atoms with Crippen molar-refractivity contribution in [1.29, 1.82) is 0 Å². The van der Waals surface area contributed by atoms with Gasteiger partial charge in [0.05, 0.1) is 5.56 Å². The molecule has 162 valence electrons. The molecule has 1 aliphatic rings. The summed E-state index contributed by atoms with van der Waals surface area (Å²) in [5.41, 5.74) is 5.25. The zero-order valence-electron chi connectivity index (χ0n) is 18.1. The normalized spacial score (nSPS) is 14.6. The molecule has 32 heavy (non-hydrogen) atoms. The van der Waals surface area contributed by atoms with Gasteiger partial charge in [0.1, 0.15) is 0 Å². The lowest BCUT2D eigenvalue weighted by Crippen LogP contribution is -2.32. The average molecular weight is 426 g/mol. The molecule has 1 saturated heterocycles. The Labute approximate surface area is 187 Å². The Hall–Kier alpha value is -3.44. The number of carboxylic acid groups (broad SMARTS) is 1. The lowest BCUT2D eigenvalue weighted by Gasteiger charge is -2.26. The molecular weight excluding hydrogens is 398 g/mol. The van der Waals surface area contributed by atoms with Crippen LogP contribution in [0.4, 0.5) is 0 Å². The first-order valence-corrected chi connectivity index (χ1v) is 11.3. The van der Waals surface area contributed by atoms with Crippen molar-refractivity contribution in [2.75, 3.05) is 19.6 Å². The third kappa shape index (κ3) is 4.04. The fraction of sp³-hybridized carbons (Fsp3) is 0.259. The fourth-order valence-corrected chi connectivity index (χ4v) is 4.74. The molecule has 5 heteroatoms. The third-order valence-corrected chi connectivity index (χ3v) is 6.40. The van der Waals surface area contributed by atoms with Crippen LogP contribution in [0, 0.1) is 0 Å². The molecule has 1 aliphatic heterocycles. The van der Waals surface area contributed by atoms with Gasteiger partial charge in [-0.05, 0) is 49.7 Å². The highest BCUT2D eigenvalue weighted by Gasteiger charge is 2.19. The van der Waals surface area contributed by atoms with E-state index in [0.717, 1.165) is 59.3 Å². The van der Waals surface area contributed by atoms with E-state index in [1.807, 2.05) is 42.7 Å². The first-order valence-electron chi connectivity index (χ1n) is 11.3. The zero-order chi connectivity index (χ0) is 21.9. The van der Waals surface area contributed by atoms with E-state index in [-0.39, 0.29) is 0 Å². The van der Waals surface area contributed by atoms with Crippen molar-refractivity contribution >= 4 is 16.9 Å². The van der Waals surface area contributed by atoms with Gasteiger partial charge < -0.3 is 14.6 Å². The first-order chi connectivity index (χ1) is 15.7. The van der Waals surface area contributed by atoms with Gasteiger partial charge in [-0.2, -0.15) is 0 Å². The number of carbonyl (C=O) groups is 1. The highest BCUT2D eigenvalue weighted by atomic mass is 16.4. The minimum atomic E-state index is -0.905. The van der Waals surface area contributed by atoms with Gasteiger partial charge in [0.25, 0.3) is 0 Å². The molecule has 2 aromatic carbocycles. The second kappa shape index (κ2) is 8.97. The van der Waals surface area contributed by atoms with Crippen LogP contribution in [0.1, 0.15) is 29.6 Å². The molecule has 5 nitrogen and oxygen atoms in total. The number of likely N-dealkylation sites (tertiary alicyclic amines) is 1. The molecule has 3 heterocycles. The molecule has 4 aromatic rings. The predicted octanol–water partition coefficient (Wildman–Crippen LogP) is 5.55. The van der Waals surface area contributed by atoms with E-state index >= 15 is 0 Å². The van der Waals surface area contributed by atoms with Crippen molar-refractivity contribution in [2.45, 2.75) is 25.8 Å². The van der Waals surface area contributed by atoms with Gasteiger partial charge in [0.2, 0.25) is 0 Å². The van der Waals surface area contributed by atoms with Crippen molar-refractivity contribution in [2.24, 2.45) is 0 Å². The SMILES string of the molecule is O=C(O)c1cccc2c1c(-c1cncc(-c3ccccc3)c1)cn2CCN1CCCCC1. The fourth-order valence-electron chi connectivity index (χ4n) is 4.74. The molecule has 1 fully saturated rings. The van der Waals surface area contributed by atoms with E-state index in [1.54, 1.807) is 6.07 Å².